The smallest absolute Gasteiger partial charge is 0.308 e. The molecular formula is C21H27NO3. The van der Waals surface area contributed by atoms with E-state index < -0.39 is 11.9 Å². The highest BCUT2D eigenvalue weighted by molar-refractivity contribution is 5.83. The third kappa shape index (κ3) is 3.31. The highest BCUT2D eigenvalue weighted by atomic mass is 16.4. The second kappa shape index (κ2) is 6.47. The predicted molar refractivity (Wildman–Crippen MR) is 94.9 cm³/mol. The molecule has 4 nitrogen and oxygen atoms in total. The third-order valence-electron chi connectivity index (χ3n) is 6.70. The van der Waals surface area contributed by atoms with E-state index in [-0.39, 0.29) is 17.9 Å². The SMILES string of the molecule is O=C(O)C(CNC(=O)C12CC3CC(CC(C3)C1)C2)Cc1ccccc1. The Morgan fingerprint density at radius 2 is 1.60 bits per heavy atom. The van der Waals surface area contributed by atoms with Crippen molar-refractivity contribution >= 4 is 11.9 Å². The zero-order chi connectivity index (χ0) is 17.4. The molecule has 4 aliphatic rings. The molecule has 0 aromatic heterocycles. The Bertz CT molecular complexity index is 619. The number of carbonyl (C=O) groups excluding carboxylic acids is 1. The summed E-state index contributed by atoms with van der Waals surface area (Å²) in [4.78, 5) is 24.6. The van der Waals surface area contributed by atoms with E-state index in [1.54, 1.807) is 0 Å². The molecule has 0 heterocycles. The standard InChI is InChI=1S/C21H27NO3/c23-19(24)18(9-14-4-2-1-3-5-14)13-22-20(25)21-10-15-6-16(11-21)8-17(7-15)12-21/h1-5,15-18H,6-13H2,(H,22,25)(H,23,24). The molecule has 0 radical (unpaired) electrons. The molecule has 4 saturated carbocycles. The lowest BCUT2D eigenvalue weighted by Crippen LogP contribution is -2.54. The van der Waals surface area contributed by atoms with E-state index in [4.69, 9.17) is 0 Å². The van der Waals surface area contributed by atoms with Crippen LogP contribution in [0.5, 0.6) is 0 Å². The molecular weight excluding hydrogens is 314 g/mol. The summed E-state index contributed by atoms with van der Waals surface area (Å²) in [5.74, 6) is 0.866. The van der Waals surface area contributed by atoms with E-state index >= 15 is 0 Å². The Balaban J connectivity index is 1.39. The number of hydrogen-bond acceptors (Lipinski definition) is 2. The lowest BCUT2D eigenvalue weighted by molar-refractivity contribution is -0.147. The van der Waals surface area contributed by atoms with Crippen LogP contribution in [0.3, 0.4) is 0 Å². The summed E-state index contributed by atoms with van der Waals surface area (Å²) in [6.45, 7) is 0.227. The number of rotatable bonds is 6. The quantitative estimate of drug-likeness (QED) is 0.834. The van der Waals surface area contributed by atoms with Gasteiger partial charge in [-0.2, -0.15) is 0 Å². The zero-order valence-electron chi connectivity index (χ0n) is 14.6. The molecule has 4 aliphatic carbocycles. The largest absolute Gasteiger partial charge is 0.481 e. The molecule has 1 aromatic carbocycles. The van der Waals surface area contributed by atoms with E-state index in [9.17, 15) is 14.7 Å². The van der Waals surface area contributed by atoms with Gasteiger partial charge in [0.1, 0.15) is 0 Å². The summed E-state index contributed by atoms with van der Waals surface area (Å²) in [5, 5.41) is 12.6. The Morgan fingerprint density at radius 1 is 1.04 bits per heavy atom. The number of carbonyl (C=O) groups is 2. The van der Waals surface area contributed by atoms with Crippen LogP contribution in [0.1, 0.15) is 44.1 Å². The minimum atomic E-state index is -0.838. The van der Waals surface area contributed by atoms with Crippen LogP contribution in [-0.4, -0.2) is 23.5 Å². The van der Waals surface area contributed by atoms with Crippen LogP contribution in [-0.2, 0) is 16.0 Å². The van der Waals surface area contributed by atoms with Gasteiger partial charge in [0.05, 0.1) is 5.92 Å². The van der Waals surface area contributed by atoms with Crippen molar-refractivity contribution in [2.75, 3.05) is 6.54 Å². The molecule has 25 heavy (non-hydrogen) atoms. The van der Waals surface area contributed by atoms with Gasteiger partial charge in [0.25, 0.3) is 0 Å². The van der Waals surface area contributed by atoms with Gasteiger partial charge in [-0.3, -0.25) is 9.59 Å². The Labute approximate surface area is 149 Å². The van der Waals surface area contributed by atoms with Gasteiger partial charge in [-0.25, -0.2) is 0 Å². The van der Waals surface area contributed by atoms with Gasteiger partial charge in [-0.15, -0.1) is 0 Å². The topological polar surface area (TPSA) is 66.4 Å². The first-order valence-electron chi connectivity index (χ1n) is 9.59. The molecule has 4 fully saturated rings. The van der Waals surface area contributed by atoms with E-state index in [1.165, 1.54) is 19.3 Å². The number of benzene rings is 1. The van der Waals surface area contributed by atoms with Crippen molar-refractivity contribution in [1.82, 2.24) is 5.32 Å². The minimum absolute atomic E-state index is 0.117. The number of amides is 1. The van der Waals surface area contributed by atoms with Gasteiger partial charge < -0.3 is 10.4 Å². The number of nitrogens with one attached hydrogen (secondary N) is 1. The first-order valence-corrected chi connectivity index (χ1v) is 9.59. The number of hydrogen-bond donors (Lipinski definition) is 2. The van der Waals surface area contributed by atoms with Gasteiger partial charge in [0.2, 0.25) is 5.91 Å². The number of carboxylic acid groups (broad SMARTS) is 1. The fraction of sp³-hybridized carbons (Fsp3) is 0.619. The minimum Gasteiger partial charge on any atom is -0.481 e. The van der Waals surface area contributed by atoms with E-state index in [1.807, 2.05) is 30.3 Å². The summed E-state index contributed by atoms with van der Waals surface area (Å²) in [6.07, 6.45) is 7.41. The van der Waals surface area contributed by atoms with E-state index in [2.05, 4.69) is 5.32 Å². The van der Waals surface area contributed by atoms with Crippen molar-refractivity contribution in [2.24, 2.45) is 29.1 Å². The van der Waals surface area contributed by atoms with Crippen LogP contribution >= 0.6 is 0 Å². The maximum absolute atomic E-state index is 13.0. The molecule has 1 atom stereocenters. The Hall–Kier alpha value is -1.84. The van der Waals surface area contributed by atoms with Gasteiger partial charge in [0.15, 0.2) is 0 Å². The fourth-order valence-electron chi connectivity index (χ4n) is 5.94. The van der Waals surface area contributed by atoms with Crippen LogP contribution in [0.4, 0.5) is 0 Å². The highest BCUT2D eigenvalue weighted by Gasteiger charge is 2.54. The maximum atomic E-state index is 13.0. The highest BCUT2D eigenvalue weighted by Crippen LogP contribution is 2.60. The first-order chi connectivity index (χ1) is 12.0. The zero-order valence-corrected chi connectivity index (χ0v) is 14.6. The third-order valence-corrected chi connectivity index (χ3v) is 6.70. The van der Waals surface area contributed by atoms with Crippen LogP contribution < -0.4 is 5.32 Å². The normalized spacial score (nSPS) is 33.8. The molecule has 4 bridgehead atoms. The summed E-state index contributed by atoms with van der Waals surface area (Å²) in [7, 11) is 0. The van der Waals surface area contributed by atoms with Crippen LogP contribution in [0.2, 0.25) is 0 Å². The molecule has 1 amide bonds. The van der Waals surface area contributed by atoms with E-state index in [0.717, 1.165) is 42.6 Å². The molecule has 0 saturated heterocycles. The second-order valence-electron chi connectivity index (χ2n) is 8.63. The molecule has 1 aromatic rings. The molecule has 4 heteroatoms. The fourth-order valence-corrected chi connectivity index (χ4v) is 5.94. The van der Waals surface area contributed by atoms with Gasteiger partial charge in [0, 0.05) is 12.0 Å². The molecule has 0 aliphatic heterocycles. The summed E-state index contributed by atoms with van der Waals surface area (Å²) < 4.78 is 0. The van der Waals surface area contributed by atoms with Crippen molar-refractivity contribution in [3.05, 3.63) is 35.9 Å². The predicted octanol–water partition coefficient (Wildman–Crippen LogP) is 3.26. The van der Waals surface area contributed by atoms with Gasteiger partial charge in [-0.1, -0.05) is 30.3 Å². The average molecular weight is 341 g/mol. The average Bonchev–Trinajstić information content (AvgIpc) is 2.57. The maximum Gasteiger partial charge on any atom is 0.308 e. The Kier molecular flexibility index (Phi) is 4.30. The van der Waals surface area contributed by atoms with Crippen molar-refractivity contribution < 1.29 is 14.7 Å². The number of aliphatic carboxylic acids is 1. The van der Waals surface area contributed by atoms with Crippen molar-refractivity contribution in [3.8, 4) is 0 Å². The summed E-state index contributed by atoms with van der Waals surface area (Å²) >= 11 is 0. The van der Waals surface area contributed by atoms with Gasteiger partial charge >= 0.3 is 5.97 Å². The lowest BCUT2D eigenvalue weighted by atomic mass is 9.49. The van der Waals surface area contributed by atoms with Crippen LogP contribution in [0.15, 0.2) is 30.3 Å². The molecule has 1 unspecified atom stereocenters. The molecule has 0 spiro atoms. The van der Waals surface area contributed by atoms with Crippen molar-refractivity contribution in [2.45, 2.75) is 44.9 Å². The molecule has 134 valence electrons. The summed E-state index contributed by atoms with van der Waals surface area (Å²) in [5.41, 5.74) is 0.795. The number of carboxylic acids is 1. The van der Waals surface area contributed by atoms with Crippen LogP contribution in [0, 0.1) is 29.1 Å². The molecule has 2 N–H and O–H groups in total. The monoisotopic (exact) mass is 341 g/mol. The molecule has 5 rings (SSSR count). The van der Waals surface area contributed by atoms with Crippen molar-refractivity contribution in [3.63, 3.8) is 0 Å². The Morgan fingerprint density at radius 3 is 2.12 bits per heavy atom. The summed E-state index contributed by atoms with van der Waals surface area (Å²) in [6, 6.07) is 9.65. The van der Waals surface area contributed by atoms with Crippen LogP contribution in [0.25, 0.3) is 0 Å². The van der Waals surface area contributed by atoms with Gasteiger partial charge in [-0.05, 0) is 68.3 Å². The second-order valence-corrected chi connectivity index (χ2v) is 8.63. The van der Waals surface area contributed by atoms with E-state index in [0.29, 0.717) is 6.42 Å². The lowest BCUT2D eigenvalue weighted by Gasteiger charge is -2.55. The van der Waals surface area contributed by atoms with Crippen molar-refractivity contribution in [1.29, 1.82) is 0 Å². The first kappa shape index (κ1) is 16.6.